The quantitative estimate of drug-likeness (QED) is 0.0964. The summed E-state index contributed by atoms with van der Waals surface area (Å²) < 4.78 is 44.7. The molecule has 20 heteroatoms. The van der Waals surface area contributed by atoms with Crippen LogP contribution in [-0.2, 0) is 23.7 Å². The molecule has 3 aliphatic rings. The number of ether oxygens (including phenoxy) is 7. The van der Waals surface area contributed by atoms with Crippen LogP contribution in [0.3, 0.4) is 0 Å². The number of aliphatic hydroxyl groups excluding tert-OH is 9. The number of methoxy groups -OCH3 is 1. The van der Waals surface area contributed by atoms with Crippen molar-refractivity contribution in [2.24, 2.45) is 0 Å². The second-order valence-electron chi connectivity index (χ2n) is 13.1. The topological polar surface area (TPSA) is 317 Å². The first-order valence-electron chi connectivity index (χ1n) is 16.8. The van der Waals surface area contributed by atoms with Crippen LogP contribution in [0.25, 0.3) is 22.3 Å². The first kappa shape index (κ1) is 40.0. The van der Waals surface area contributed by atoms with Crippen LogP contribution >= 0.6 is 0 Å². The van der Waals surface area contributed by atoms with Crippen LogP contribution in [-0.4, -0.2) is 169 Å². The van der Waals surface area contributed by atoms with E-state index in [0.29, 0.717) is 0 Å². The maximum Gasteiger partial charge on any atom is 0.238 e. The molecule has 0 radical (unpaired) electrons. The van der Waals surface area contributed by atoms with Gasteiger partial charge in [-0.15, -0.1) is 0 Å². The number of benzene rings is 2. The van der Waals surface area contributed by atoms with Gasteiger partial charge in [0, 0.05) is 17.7 Å². The van der Waals surface area contributed by atoms with Crippen LogP contribution in [0.15, 0.2) is 45.6 Å². The summed E-state index contributed by atoms with van der Waals surface area (Å²) in [5.74, 6) is -1.21. The van der Waals surface area contributed by atoms with Crippen LogP contribution in [0.5, 0.6) is 23.0 Å². The smallest absolute Gasteiger partial charge is 0.238 e. The maximum absolute atomic E-state index is 12.9. The number of aliphatic hydroxyl groups is 9. The molecule has 298 valence electrons. The molecule has 15 atom stereocenters. The lowest BCUT2D eigenvalue weighted by atomic mass is 9.97. The minimum atomic E-state index is -1.87. The molecule has 54 heavy (non-hydrogen) atoms. The highest BCUT2D eigenvalue weighted by atomic mass is 16.8. The van der Waals surface area contributed by atoms with E-state index >= 15 is 0 Å². The number of hydrogen-bond donors (Lipinski definition) is 11. The molecule has 0 aliphatic carbocycles. The Kier molecular flexibility index (Phi) is 12.0. The summed E-state index contributed by atoms with van der Waals surface area (Å²) in [5, 5.41) is 114. The molecule has 0 amide bonds. The van der Waals surface area contributed by atoms with Gasteiger partial charge in [-0.25, -0.2) is 0 Å². The van der Waals surface area contributed by atoms with Gasteiger partial charge >= 0.3 is 0 Å². The Morgan fingerprint density at radius 3 is 1.98 bits per heavy atom. The van der Waals surface area contributed by atoms with Crippen molar-refractivity contribution in [2.75, 3.05) is 20.3 Å². The summed E-state index contributed by atoms with van der Waals surface area (Å²) in [7, 11) is 1.35. The first-order valence-corrected chi connectivity index (χ1v) is 16.8. The third-order valence-electron chi connectivity index (χ3n) is 9.55. The summed E-state index contributed by atoms with van der Waals surface area (Å²) in [6.07, 6.45) is -24.3. The third kappa shape index (κ3) is 7.59. The Labute approximate surface area is 305 Å². The van der Waals surface area contributed by atoms with Crippen molar-refractivity contribution in [2.45, 2.75) is 99.0 Å². The van der Waals surface area contributed by atoms with Crippen molar-refractivity contribution >= 4 is 11.0 Å². The van der Waals surface area contributed by atoms with Crippen molar-refractivity contribution in [3.63, 3.8) is 0 Å². The molecule has 3 aliphatic heterocycles. The summed E-state index contributed by atoms with van der Waals surface area (Å²) in [6.45, 7) is 0.0481. The third-order valence-corrected chi connectivity index (χ3v) is 9.55. The van der Waals surface area contributed by atoms with Gasteiger partial charge < -0.3 is 93.7 Å². The number of phenols is 1. The van der Waals surface area contributed by atoms with E-state index in [2.05, 4.69) is 0 Å². The molecule has 15 unspecified atom stereocenters. The fourth-order valence-corrected chi connectivity index (χ4v) is 6.35. The fraction of sp³-hybridized carbons (Fsp3) is 0.559. The highest BCUT2D eigenvalue weighted by Crippen LogP contribution is 2.37. The zero-order valence-corrected chi connectivity index (χ0v) is 28.6. The molecule has 20 nitrogen and oxygen atoms in total. The Hall–Kier alpha value is -3.71. The van der Waals surface area contributed by atoms with E-state index < -0.39 is 122 Å². The molecule has 6 rings (SSSR count). The monoisotopic (exact) mass is 770 g/mol. The zero-order valence-electron chi connectivity index (χ0n) is 28.6. The lowest BCUT2D eigenvalue weighted by Crippen LogP contribution is -2.64. The van der Waals surface area contributed by atoms with Gasteiger partial charge in [0.25, 0.3) is 0 Å². The largest absolute Gasteiger partial charge is 0.507 e. The Balaban J connectivity index is 1.15. The molecule has 3 fully saturated rings. The second-order valence-corrected chi connectivity index (χ2v) is 13.1. The SMILES string of the molecule is COc1cc(O)c2c(=O)c(O)c(-c3ccc(OC4OC(COC5OC(C)C(O)C(O)C5OC5OC(CO)C(O)C(O)C5O)C(O)C(O)C4O)cc3)oc2c1. The molecule has 3 saturated heterocycles. The Bertz CT molecular complexity index is 1800. The van der Waals surface area contributed by atoms with E-state index in [1.54, 1.807) is 0 Å². The Morgan fingerprint density at radius 2 is 1.33 bits per heavy atom. The van der Waals surface area contributed by atoms with Crippen LogP contribution in [0.4, 0.5) is 0 Å². The standard InChI is InChI=1S/C34H42O20/c1-11-20(37)26(43)31(54-33-29(46)24(41)21(38)17(9-35)52-33)34(49-11)48-10-18-22(39)25(42)28(45)32(53-18)50-13-5-3-12(4-6-13)30-27(44)23(40)19-15(36)7-14(47-2)8-16(19)51-30/h3-8,11,17-18,20-22,24-26,28-29,31-39,41-46H,9-10H2,1-2H3. The predicted octanol–water partition coefficient (Wildman–Crippen LogP) is -3.27. The van der Waals surface area contributed by atoms with Crippen molar-refractivity contribution in [1.82, 2.24) is 0 Å². The summed E-state index contributed by atoms with van der Waals surface area (Å²) in [4.78, 5) is 12.9. The van der Waals surface area contributed by atoms with E-state index in [1.807, 2.05) is 0 Å². The molecule has 0 spiro atoms. The van der Waals surface area contributed by atoms with Gasteiger partial charge in [0.2, 0.25) is 17.5 Å². The van der Waals surface area contributed by atoms with Crippen LogP contribution in [0, 0.1) is 0 Å². The highest BCUT2D eigenvalue weighted by Gasteiger charge is 2.51. The van der Waals surface area contributed by atoms with Gasteiger partial charge in [0.15, 0.2) is 18.3 Å². The minimum absolute atomic E-state index is 0.0579. The highest BCUT2D eigenvalue weighted by molar-refractivity contribution is 5.88. The van der Waals surface area contributed by atoms with E-state index in [-0.39, 0.29) is 33.8 Å². The molecule has 2 aromatic carbocycles. The number of hydrogen-bond acceptors (Lipinski definition) is 20. The molecule has 1 aromatic heterocycles. The van der Waals surface area contributed by atoms with Gasteiger partial charge in [-0.2, -0.15) is 0 Å². The molecule has 0 saturated carbocycles. The molecule has 0 bridgehead atoms. The van der Waals surface area contributed by atoms with Gasteiger partial charge in [0.1, 0.15) is 95.4 Å². The van der Waals surface area contributed by atoms with Crippen LogP contribution in [0.1, 0.15) is 6.92 Å². The molecule has 4 heterocycles. The second kappa shape index (κ2) is 16.2. The fourth-order valence-electron chi connectivity index (χ4n) is 6.35. The summed E-state index contributed by atoms with van der Waals surface area (Å²) in [6, 6.07) is 8.09. The summed E-state index contributed by atoms with van der Waals surface area (Å²) in [5.41, 5.74) is -0.741. The minimum Gasteiger partial charge on any atom is -0.507 e. The Morgan fingerprint density at radius 1 is 0.704 bits per heavy atom. The van der Waals surface area contributed by atoms with Gasteiger partial charge in [-0.3, -0.25) is 4.79 Å². The van der Waals surface area contributed by atoms with Gasteiger partial charge in [0.05, 0.1) is 26.4 Å². The average Bonchev–Trinajstić information content (AvgIpc) is 3.16. The van der Waals surface area contributed by atoms with Gasteiger partial charge in [-0.1, -0.05) is 0 Å². The molecule has 11 N–H and O–H groups in total. The number of fused-ring (bicyclic) bond motifs is 1. The predicted molar refractivity (Wildman–Crippen MR) is 176 cm³/mol. The average molecular weight is 771 g/mol. The molecular weight excluding hydrogens is 728 g/mol. The maximum atomic E-state index is 12.9. The van der Waals surface area contributed by atoms with Crippen molar-refractivity contribution in [3.05, 3.63) is 46.6 Å². The molecular formula is C34H42O20. The summed E-state index contributed by atoms with van der Waals surface area (Å²) >= 11 is 0. The lowest BCUT2D eigenvalue weighted by molar-refractivity contribution is -0.369. The van der Waals surface area contributed by atoms with Crippen molar-refractivity contribution < 1.29 is 93.7 Å². The van der Waals surface area contributed by atoms with E-state index in [9.17, 15) is 61.0 Å². The number of aromatic hydroxyl groups is 2. The van der Waals surface area contributed by atoms with Gasteiger partial charge in [-0.05, 0) is 31.2 Å². The van der Waals surface area contributed by atoms with E-state index in [1.165, 1.54) is 50.4 Å². The molecule has 3 aromatic rings. The lowest BCUT2D eigenvalue weighted by Gasteiger charge is -2.46. The zero-order chi connectivity index (χ0) is 39.2. The van der Waals surface area contributed by atoms with E-state index in [0.717, 1.165) is 0 Å². The number of phenolic OH excluding ortho intramolecular Hbond substituents is 1. The van der Waals surface area contributed by atoms with Crippen molar-refractivity contribution in [3.8, 4) is 34.3 Å². The van der Waals surface area contributed by atoms with Crippen LogP contribution < -0.4 is 14.9 Å². The normalized spacial score (nSPS) is 37.3. The van der Waals surface area contributed by atoms with E-state index in [4.69, 9.17) is 37.6 Å². The van der Waals surface area contributed by atoms with Crippen molar-refractivity contribution in [1.29, 1.82) is 0 Å². The first-order chi connectivity index (χ1) is 25.6. The van der Waals surface area contributed by atoms with Crippen LogP contribution in [0.2, 0.25) is 0 Å². The number of rotatable bonds is 10.